The number of halogens is 2. The third-order valence-corrected chi connectivity index (χ3v) is 7.75. The Hall–Kier alpha value is -2.76. The molecule has 1 amide bonds. The first-order valence-corrected chi connectivity index (χ1v) is 12.4. The number of piperazine rings is 1. The molecule has 0 spiro atoms. The van der Waals surface area contributed by atoms with Crippen LogP contribution in [0.15, 0.2) is 64.8 Å². The highest BCUT2D eigenvalue weighted by Gasteiger charge is 2.33. The molecule has 0 bridgehead atoms. The Labute approximate surface area is 188 Å². The lowest BCUT2D eigenvalue weighted by atomic mass is 10.3. The lowest BCUT2D eigenvalue weighted by Gasteiger charge is -2.34. The zero-order valence-electron chi connectivity index (χ0n) is 17.1. The van der Waals surface area contributed by atoms with Crippen LogP contribution in [0.5, 0.6) is 0 Å². The van der Waals surface area contributed by atoms with Gasteiger partial charge in [-0.1, -0.05) is 30.0 Å². The van der Waals surface area contributed by atoms with Crippen molar-refractivity contribution in [2.24, 2.45) is 0 Å². The molecule has 32 heavy (non-hydrogen) atoms. The molecule has 0 aliphatic carbocycles. The zero-order chi connectivity index (χ0) is 22.9. The summed E-state index contributed by atoms with van der Waals surface area (Å²) < 4.78 is 55.9. The van der Waals surface area contributed by atoms with E-state index >= 15 is 0 Å². The largest absolute Gasteiger partial charge is 0.335 e. The number of para-hydroxylation sites is 1. The number of carbonyl (C=O) groups is 1. The number of thioether (sulfide) groups is 1. The second-order valence-electron chi connectivity index (χ2n) is 7.07. The number of amides is 1. The Morgan fingerprint density at radius 2 is 1.72 bits per heavy atom. The Morgan fingerprint density at radius 3 is 2.38 bits per heavy atom. The predicted octanol–water partition coefficient (Wildman–Crippen LogP) is 3.02. The summed E-state index contributed by atoms with van der Waals surface area (Å²) >= 11 is 1.41. The van der Waals surface area contributed by atoms with Gasteiger partial charge in [-0.05, 0) is 36.6 Å². The van der Waals surface area contributed by atoms with Crippen LogP contribution in [0.4, 0.5) is 8.78 Å². The second-order valence-corrected chi connectivity index (χ2v) is 9.75. The van der Waals surface area contributed by atoms with Crippen LogP contribution in [0, 0.1) is 11.6 Å². The van der Waals surface area contributed by atoms with Crippen LogP contribution in [-0.4, -0.2) is 65.5 Å². The number of sulfonamides is 1. The molecule has 0 N–H and O–H groups in total. The number of nitrogens with zero attached hydrogens (tertiary/aromatic N) is 4. The van der Waals surface area contributed by atoms with E-state index in [1.54, 1.807) is 4.57 Å². The fourth-order valence-corrected chi connectivity index (χ4v) is 5.61. The third kappa shape index (κ3) is 4.15. The fourth-order valence-electron chi connectivity index (χ4n) is 3.56. The second kappa shape index (κ2) is 9.00. The molecule has 11 heteroatoms. The van der Waals surface area contributed by atoms with Gasteiger partial charge in [-0.3, -0.25) is 9.36 Å². The van der Waals surface area contributed by atoms with E-state index in [-0.39, 0.29) is 32.1 Å². The fraction of sp³-hybridized carbons (Fsp3) is 0.238. The normalized spacial score (nSPS) is 15.2. The van der Waals surface area contributed by atoms with E-state index in [2.05, 4.69) is 4.98 Å². The van der Waals surface area contributed by atoms with Gasteiger partial charge >= 0.3 is 0 Å². The monoisotopic (exact) mass is 478 g/mol. The molecular formula is C21H20F2N4O3S2. The smallest absolute Gasteiger partial charge is 0.272 e. The summed E-state index contributed by atoms with van der Waals surface area (Å²) in [4.78, 5) is 18.4. The molecule has 0 unspecified atom stereocenters. The minimum Gasteiger partial charge on any atom is -0.335 e. The molecule has 0 radical (unpaired) electrons. The van der Waals surface area contributed by atoms with Gasteiger partial charge in [-0.2, -0.15) is 4.31 Å². The lowest BCUT2D eigenvalue weighted by molar-refractivity contribution is 0.0689. The van der Waals surface area contributed by atoms with Gasteiger partial charge in [0.2, 0.25) is 10.0 Å². The molecule has 0 saturated carbocycles. The average molecular weight is 479 g/mol. The van der Waals surface area contributed by atoms with Crippen LogP contribution < -0.4 is 0 Å². The molecule has 168 valence electrons. The quantitative estimate of drug-likeness (QED) is 0.527. The van der Waals surface area contributed by atoms with E-state index in [1.807, 2.05) is 36.6 Å². The van der Waals surface area contributed by atoms with Crippen molar-refractivity contribution in [2.45, 2.75) is 10.1 Å². The van der Waals surface area contributed by atoms with Crippen molar-refractivity contribution < 1.29 is 22.0 Å². The van der Waals surface area contributed by atoms with Crippen LogP contribution in [0.3, 0.4) is 0 Å². The highest BCUT2D eigenvalue weighted by atomic mass is 32.2. The van der Waals surface area contributed by atoms with E-state index in [0.717, 1.165) is 22.1 Å². The summed E-state index contributed by atoms with van der Waals surface area (Å²) in [6.45, 7) is 0.172. The molecule has 3 aromatic rings. The number of hydrogen-bond donors (Lipinski definition) is 0. The van der Waals surface area contributed by atoms with Crippen molar-refractivity contribution in [1.29, 1.82) is 0 Å². The van der Waals surface area contributed by atoms with Crippen molar-refractivity contribution in [3.8, 4) is 5.69 Å². The summed E-state index contributed by atoms with van der Waals surface area (Å²) in [5.41, 5.74) is 1.16. The molecule has 1 saturated heterocycles. The molecule has 0 atom stereocenters. The van der Waals surface area contributed by atoms with E-state index in [0.29, 0.717) is 16.9 Å². The number of rotatable bonds is 5. The molecule has 1 aliphatic heterocycles. The lowest BCUT2D eigenvalue weighted by Crippen LogP contribution is -2.50. The van der Waals surface area contributed by atoms with Crippen molar-refractivity contribution in [3.63, 3.8) is 0 Å². The van der Waals surface area contributed by atoms with Crippen LogP contribution in [0.1, 0.15) is 10.5 Å². The van der Waals surface area contributed by atoms with Crippen LogP contribution in [-0.2, 0) is 10.0 Å². The van der Waals surface area contributed by atoms with E-state index < -0.39 is 26.6 Å². The Kier molecular flexibility index (Phi) is 6.31. The molecular weight excluding hydrogens is 458 g/mol. The van der Waals surface area contributed by atoms with E-state index in [4.69, 9.17) is 0 Å². The average Bonchev–Trinajstić information content (AvgIpc) is 3.25. The summed E-state index contributed by atoms with van der Waals surface area (Å²) in [6, 6.07) is 11.7. The first-order chi connectivity index (χ1) is 15.3. The molecule has 4 rings (SSSR count). The number of hydrogen-bond acceptors (Lipinski definition) is 5. The number of imidazole rings is 1. The maximum absolute atomic E-state index is 14.0. The van der Waals surface area contributed by atoms with Crippen LogP contribution in [0.2, 0.25) is 0 Å². The van der Waals surface area contributed by atoms with Crippen LogP contribution in [0.25, 0.3) is 5.69 Å². The zero-order valence-corrected chi connectivity index (χ0v) is 18.7. The Balaban J connectivity index is 1.54. The highest BCUT2D eigenvalue weighted by Crippen LogP contribution is 2.25. The predicted molar refractivity (Wildman–Crippen MR) is 116 cm³/mol. The summed E-state index contributed by atoms with van der Waals surface area (Å²) in [6.07, 6.45) is 3.37. The van der Waals surface area contributed by atoms with Crippen molar-refractivity contribution >= 4 is 27.7 Å². The maximum atomic E-state index is 14.0. The Bertz CT molecular complexity index is 1240. The van der Waals surface area contributed by atoms with Gasteiger partial charge in [-0.15, -0.1) is 0 Å². The first kappa shape index (κ1) is 22.4. The number of carbonyl (C=O) groups excluding carboxylic acids is 1. The van der Waals surface area contributed by atoms with Gasteiger partial charge in [0.1, 0.15) is 22.2 Å². The maximum Gasteiger partial charge on any atom is 0.272 e. The van der Waals surface area contributed by atoms with E-state index in [1.165, 1.54) is 22.9 Å². The van der Waals surface area contributed by atoms with Crippen molar-refractivity contribution in [1.82, 2.24) is 18.8 Å². The van der Waals surface area contributed by atoms with Gasteiger partial charge in [0.15, 0.2) is 5.16 Å². The highest BCUT2D eigenvalue weighted by molar-refractivity contribution is 7.98. The van der Waals surface area contributed by atoms with E-state index in [9.17, 15) is 22.0 Å². The van der Waals surface area contributed by atoms with Gasteiger partial charge in [0.25, 0.3) is 5.91 Å². The number of aromatic nitrogens is 2. The molecule has 1 aliphatic rings. The molecule has 1 aromatic heterocycles. The van der Waals surface area contributed by atoms with Crippen molar-refractivity contribution in [3.05, 3.63) is 72.1 Å². The summed E-state index contributed by atoms with van der Waals surface area (Å²) in [5, 5.41) is 0.655. The van der Waals surface area contributed by atoms with Gasteiger partial charge in [0.05, 0.1) is 6.20 Å². The standard InChI is InChI=1S/C21H20F2N4O3S2/c1-31-21-24-14-18(27(21)16-5-3-2-4-6-16)20(28)25-9-11-26(12-10-25)32(29,30)19-13-15(22)7-8-17(19)23/h2-8,13-14H,9-12H2,1H3. The first-order valence-electron chi connectivity index (χ1n) is 9.74. The topological polar surface area (TPSA) is 75.5 Å². The van der Waals surface area contributed by atoms with Crippen LogP contribution >= 0.6 is 11.8 Å². The van der Waals surface area contributed by atoms with Gasteiger partial charge in [0, 0.05) is 31.9 Å². The van der Waals surface area contributed by atoms with Crippen molar-refractivity contribution in [2.75, 3.05) is 32.4 Å². The molecule has 7 nitrogen and oxygen atoms in total. The summed E-state index contributed by atoms with van der Waals surface area (Å²) in [7, 11) is -4.22. The third-order valence-electron chi connectivity index (χ3n) is 5.18. The molecule has 2 heterocycles. The Morgan fingerprint density at radius 1 is 1.03 bits per heavy atom. The molecule has 1 fully saturated rings. The summed E-state index contributed by atoms with van der Waals surface area (Å²) in [5.74, 6) is -2.13. The SMILES string of the molecule is CSc1ncc(C(=O)N2CCN(S(=O)(=O)c3cc(F)ccc3F)CC2)n1-c1ccccc1. The molecule has 2 aromatic carbocycles. The van der Waals surface area contributed by atoms with Gasteiger partial charge in [-0.25, -0.2) is 22.2 Å². The minimum absolute atomic E-state index is 0.0289. The number of benzene rings is 2. The minimum atomic E-state index is -4.22. The van der Waals surface area contributed by atoms with Gasteiger partial charge < -0.3 is 4.90 Å².